The second-order valence-corrected chi connectivity index (χ2v) is 7.08. The van der Waals surface area contributed by atoms with Crippen molar-refractivity contribution in [2.24, 2.45) is 5.92 Å². The van der Waals surface area contributed by atoms with Gasteiger partial charge in [0.1, 0.15) is 5.75 Å². The van der Waals surface area contributed by atoms with E-state index in [2.05, 4.69) is 10.2 Å². The fraction of sp³-hybridized carbons (Fsp3) is 0.450. The summed E-state index contributed by atoms with van der Waals surface area (Å²) in [7, 11) is 1.66. The molecule has 4 nitrogen and oxygen atoms in total. The number of hydrogen-bond acceptors (Lipinski definition) is 3. The van der Waals surface area contributed by atoms with Crippen molar-refractivity contribution in [3.05, 3.63) is 42.0 Å². The van der Waals surface area contributed by atoms with Gasteiger partial charge in [-0.2, -0.15) is 0 Å². The zero-order valence-corrected chi connectivity index (χ0v) is 14.1. The van der Waals surface area contributed by atoms with Gasteiger partial charge in [-0.25, -0.2) is 0 Å². The highest BCUT2D eigenvalue weighted by Crippen LogP contribution is 2.27. The van der Waals surface area contributed by atoms with Gasteiger partial charge in [-0.15, -0.1) is 0 Å². The standard InChI is InChI=1S/C20H24N2O2/c1-24-19-5-4-15-2-3-16(11-17(15)12-19)20(23)21-18-10-14-6-8-22(13-18)9-7-14/h2-5,11-12,14,18H,6-10,13H2,1H3,(H,21,23)/t18-/m1/s1. The first-order valence-electron chi connectivity index (χ1n) is 8.82. The number of methoxy groups -OCH3 is 1. The monoisotopic (exact) mass is 324 g/mol. The predicted octanol–water partition coefficient (Wildman–Crippen LogP) is 3.06. The summed E-state index contributed by atoms with van der Waals surface area (Å²) in [5.74, 6) is 1.62. The summed E-state index contributed by atoms with van der Waals surface area (Å²) in [5.41, 5.74) is 0.724. The number of nitrogens with zero attached hydrogens (tertiary/aromatic N) is 1. The SMILES string of the molecule is COc1ccc2ccc(C(=O)N[C@@H]3CC4CCN(CC4)C3)cc2c1. The van der Waals surface area contributed by atoms with Gasteiger partial charge in [0.05, 0.1) is 7.11 Å². The highest BCUT2D eigenvalue weighted by Gasteiger charge is 2.29. The Morgan fingerprint density at radius 3 is 2.71 bits per heavy atom. The van der Waals surface area contributed by atoms with Crippen molar-refractivity contribution in [2.75, 3.05) is 26.7 Å². The maximum absolute atomic E-state index is 12.7. The molecule has 3 saturated heterocycles. The average Bonchev–Trinajstić information content (AvgIpc) is 2.93. The molecule has 3 aliphatic heterocycles. The molecule has 4 heteroatoms. The van der Waals surface area contributed by atoms with Gasteiger partial charge in [-0.3, -0.25) is 4.79 Å². The summed E-state index contributed by atoms with van der Waals surface area (Å²) in [4.78, 5) is 15.2. The first-order chi connectivity index (χ1) is 11.7. The van der Waals surface area contributed by atoms with Crippen LogP contribution in [-0.2, 0) is 0 Å². The Morgan fingerprint density at radius 1 is 1.12 bits per heavy atom. The largest absolute Gasteiger partial charge is 0.497 e. The molecular weight excluding hydrogens is 300 g/mol. The van der Waals surface area contributed by atoms with Crippen molar-refractivity contribution in [2.45, 2.75) is 25.3 Å². The van der Waals surface area contributed by atoms with Crippen molar-refractivity contribution in [3.8, 4) is 5.75 Å². The molecule has 0 saturated carbocycles. The maximum atomic E-state index is 12.7. The van der Waals surface area contributed by atoms with E-state index in [1.165, 1.54) is 25.9 Å². The van der Waals surface area contributed by atoms with Gasteiger partial charge in [0.15, 0.2) is 0 Å². The van der Waals surface area contributed by atoms with Gasteiger partial charge in [0, 0.05) is 18.2 Å². The van der Waals surface area contributed by atoms with Crippen molar-refractivity contribution in [3.63, 3.8) is 0 Å². The van der Waals surface area contributed by atoms with Crippen molar-refractivity contribution in [1.29, 1.82) is 0 Å². The molecule has 0 aromatic heterocycles. The van der Waals surface area contributed by atoms with Crippen LogP contribution in [0.4, 0.5) is 0 Å². The summed E-state index contributed by atoms with van der Waals surface area (Å²) in [5, 5.41) is 5.41. The summed E-state index contributed by atoms with van der Waals surface area (Å²) in [6.07, 6.45) is 3.67. The van der Waals surface area contributed by atoms with Crippen LogP contribution >= 0.6 is 0 Å². The molecule has 2 aromatic carbocycles. The molecule has 0 aliphatic carbocycles. The quantitative estimate of drug-likeness (QED) is 0.943. The fourth-order valence-electron chi connectivity index (χ4n) is 4.06. The van der Waals surface area contributed by atoms with Gasteiger partial charge in [-0.1, -0.05) is 12.1 Å². The van der Waals surface area contributed by atoms with Crippen LogP contribution in [0.3, 0.4) is 0 Å². The Morgan fingerprint density at radius 2 is 1.92 bits per heavy atom. The Labute approximate surface area is 142 Å². The summed E-state index contributed by atoms with van der Waals surface area (Å²) in [6, 6.07) is 12.1. The molecule has 3 heterocycles. The topological polar surface area (TPSA) is 41.6 Å². The number of nitrogens with one attached hydrogen (secondary N) is 1. The van der Waals surface area contributed by atoms with Crippen LogP contribution in [0.5, 0.6) is 5.75 Å². The minimum atomic E-state index is 0.0345. The predicted molar refractivity (Wildman–Crippen MR) is 95.5 cm³/mol. The minimum absolute atomic E-state index is 0.0345. The summed E-state index contributed by atoms with van der Waals surface area (Å²) < 4.78 is 5.28. The minimum Gasteiger partial charge on any atom is -0.497 e. The Hall–Kier alpha value is -2.07. The lowest BCUT2D eigenvalue weighted by Gasteiger charge is -2.26. The fourth-order valence-corrected chi connectivity index (χ4v) is 4.06. The lowest BCUT2D eigenvalue weighted by molar-refractivity contribution is 0.0929. The van der Waals surface area contributed by atoms with Gasteiger partial charge >= 0.3 is 0 Å². The maximum Gasteiger partial charge on any atom is 0.251 e. The number of carbonyl (C=O) groups excluding carboxylic acids is 1. The molecular formula is C20H24N2O2. The number of fused-ring (bicyclic) bond motifs is 5. The first-order valence-corrected chi connectivity index (χ1v) is 8.82. The van der Waals surface area contributed by atoms with Gasteiger partial charge < -0.3 is 15.0 Å². The van der Waals surface area contributed by atoms with Crippen LogP contribution < -0.4 is 10.1 Å². The molecule has 2 bridgehead atoms. The highest BCUT2D eigenvalue weighted by molar-refractivity contribution is 5.99. The Bertz CT molecular complexity index is 736. The third kappa shape index (κ3) is 3.11. The van der Waals surface area contributed by atoms with Crippen LogP contribution in [0.25, 0.3) is 10.8 Å². The lowest BCUT2D eigenvalue weighted by atomic mass is 9.94. The van der Waals surface area contributed by atoms with E-state index in [1.54, 1.807) is 7.11 Å². The van der Waals surface area contributed by atoms with E-state index < -0.39 is 0 Å². The van der Waals surface area contributed by atoms with E-state index in [4.69, 9.17) is 4.74 Å². The van der Waals surface area contributed by atoms with E-state index in [0.717, 1.165) is 41.0 Å². The second-order valence-electron chi connectivity index (χ2n) is 7.08. The molecule has 1 atom stereocenters. The molecule has 0 spiro atoms. The Balaban J connectivity index is 1.52. The molecule has 3 fully saturated rings. The molecule has 0 radical (unpaired) electrons. The van der Waals surface area contributed by atoms with Crippen LogP contribution in [-0.4, -0.2) is 43.6 Å². The van der Waals surface area contributed by atoms with Crippen LogP contribution in [0.1, 0.15) is 29.6 Å². The zero-order valence-electron chi connectivity index (χ0n) is 14.1. The van der Waals surface area contributed by atoms with E-state index >= 15 is 0 Å². The number of benzene rings is 2. The number of rotatable bonds is 3. The highest BCUT2D eigenvalue weighted by atomic mass is 16.5. The molecule has 1 amide bonds. The third-order valence-corrected chi connectivity index (χ3v) is 5.45. The number of carbonyl (C=O) groups is 1. The zero-order chi connectivity index (χ0) is 16.5. The van der Waals surface area contributed by atoms with Crippen LogP contribution in [0.2, 0.25) is 0 Å². The third-order valence-electron chi connectivity index (χ3n) is 5.45. The first kappa shape index (κ1) is 15.5. The average molecular weight is 324 g/mol. The molecule has 24 heavy (non-hydrogen) atoms. The van der Waals surface area contributed by atoms with Crippen molar-refractivity contribution in [1.82, 2.24) is 10.2 Å². The molecule has 2 aromatic rings. The van der Waals surface area contributed by atoms with Crippen molar-refractivity contribution < 1.29 is 9.53 Å². The molecule has 3 aliphatic rings. The van der Waals surface area contributed by atoms with E-state index in [0.29, 0.717) is 0 Å². The number of amides is 1. The van der Waals surface area contributed by atoms with Crippen molar-refractivity contribution >= 4 is 16.7 Å². The smallest absolute Gasteiger partial charge is 0.251 e. The summed E-state index contributed by atoms with van der Waals surface area (Å²) in [6.45, 7) is 3.36. The Kier molecular flexibility index (Phi) is 4.15. The van der Waals surface area contributed by atoms with E-state index in [1.807, 2.05) is 36.4 Å². The van der Waals surface area contributed by atoms with Gasteiger partial charge in [0.2, 0.25) is 0 Å². The lowest BCUT2D eigenvalue weighted by Crippen LogP contribution is -2.41. The van der Waals surface area contributed by atoms with E-state index in [-0.39, 0.29) is 11.9 Å². The van der Waals surface area contributed by atoms with Gasteiger partial charge in [-0.05, 0) is 73.3 Å². The van der Waals surface area contributed by atoms with Crippen LogP contribution in [0, 0.1) is 5.92 Å². The van der Waals surface area contributed by atoms with Gasteiger partial charge in [0.25, 0.3) is 5.91 Å². The van der Waals surface area contributed by atoms with E-state index in [9.17, 15) is 4.79 Å². The molecule has 1 N–H and O–H groups in total. The molecule has 5 rings (SSSR count). The van der Waals surface area contributed by atoms with Crippen LogP contribution in [0.15, 0.2) is 36.4 Å². The normalized spacial score (nSPS) is 26.1. The summed E-state index contributed by atoms with van der Waals surface area (Å²) >= 11 is 0. The molecule has 0 unspecified atom stereocenters. The number of piperidine rings is 1. The second kappa shape index (κ2) is 6.44. The molecule has 126 valence electrons. The number of hydrogen-bond donors (Lipinski definition) is 1. The number of ether oxygens (including phenoxy) is 1.